The molecule has 2 bridgehead atoms. The third-order valence-corrected chi connectivity index (χ3v) is 7.82. The fraction of sp³-hybridized carbons (Fsp3) is 0.500. The van der Waals surface area contributed by atoms with E-state index in [0.717, 1.165) is 68.4 Å². The molecular weight excluding hydrogens is 442 g/mol. The molecule has 4 aliphatic rings. The fourth-order valence-corrected chi connectivity index (χ4v) is 5.92. The van der Waals surface area contributed by atoms with Gasteiger partial charge in [-0.1, -0.05) is 42.1 Å². The van der Waals surface area contributed by atoms with Crippen molar-refractivity contribution in [3.63, 3.8) is 0 Å². The van der Waals surface area contributed by atoms with Crippen LogP contribution in [0.15, 0.2) is 40.4 Å². The van der Waals surface area contributed by atoms with Gasteiger partial charge < -0.3 is 14.2 Å². The highest BCUT2D eigenvalue weighted by molar-refractivity contribution is 5.96. The van der Waals surface area contributed by atoms with Crippen molar-refractivity contribution in [2.45, 2.75) is 64.7 Å². The number of aryl methyl sites for hydroxylation is 1. The molecule has 184 valence electrons. The number of hydrogen-bond acceptors (Lipinski definition) is 6. The number of fused-ring (bicyclic) bond motifs is 2. The summed E-state index contributed by atoms with van der Waals surface area (Å²) in [5.74, 6) is 1.25. The van der Waals surface area contributed by atoms with Gasteiger partial charge in [-0.3, -0.25) is 4.79 Å². The predicted molar refractivity (Wildman–Crippen MR) is 133 cm³/mol. The van der Waals surface area contributed by atoms with Gasteiger partial charge in [0.15, 0.2) is 5.82 Å². The SMILES string of the molecule is COC(=O)/C=C/c1cccc(N(CC23CCC(c4noc(C)n4)=C(C2)C3)C(=O)C2CCCCC2)c1. The van der Waals surface area contributed by atoms with Crippen LogP contribution in [0.25, 0.3) is 11.6 Å². The molecule has 0 radical (unpaired) electrons. The summed E-state index contributed by atoms with van der Waals surface area (Å²) in [6.07, 6.45) is 12.4. The van der Waals surface area contributed by atoms with E-state index in [1.165, 1.54) is 30.8 Å². The van der Waals surface area contributed by atoms with Gasteiger partial charge in [-0.15, -0.1) is 0 Å². The third kappa shape index (κ3) is 4.95. The average molecular weight is 476 g/mol. The van der Waals surface area contributed by atoms with E-state index in [1.807, 2.05) is 36.1 Å². The van der Waals surface area contributed by atoms with Crippen LogP contribution in [0.5, 0.6) is 0 Å². The summed E-state index contributed by atoms with van der Waals surface area (Å²) in [5, 5.41) is 4.13. The number of carbonyl (C=O) groups excluding carboxylic acids is 2. The van der Waals surface area contributed by atoms with Crippen LogP contribution in [0.1, 0.15) is 75.1 Å². The lowest BCUT2D eigenvalue weighted by Gasteiger charge is -2.51. The standard InChI is InChI=1S/C28H33N3O4/c1-19-29-26(30-35-19)24-13-14-28(16-22(24)17-28)18-31(27(33)21-8-4-3-5-9-21)23-10-6-7-20(15-23)11-12-25(32)34-2/h6-7,10-12,15,21H,3-5,8-9,13-14,16-18H2,1-2H3/b12-11+. The number of aromatic nitrogens is 2. The van der Waals surface area contributed by atoms with Crippen LogP contribution in [0, 0.1) is 18.3 Å². The zero-order chi connectivity index (χ0) is 24.4. The number of hydrogen-bond donors (Lipinski definition) is 0. The lowest BCUT2D eigenvalue weighted by Crippen LogP contribution is -2.49. The molecule has 7 nitrogen and oxygen atoms in total. The molecule has 0 atom stereocenters. The van der Waals surface area contributed by atoms with Crippen molar-refractivity contribution in [3.05, 3.63) is 53.2 Å². The molecule has 0 unspecified atom stereocenters. The van der Waals surface area contributed by atoms with E-state index in [4.69, 9.17) is 9.26 Å². The fourth-order valence-electron chi connectivity index (χ4n) is 5.92. The minimum Gasteiger partial charge on any atom is -0.466 e. The molecule has 1 amide bonds. The molecule has 0 saturated heterocycles. The van der Waals surface area contributed by atoms with Crippen LogP contribution in [-0.2, 0) is 14.3 Å². The maximum atomic E-state index is 13.8. The number of anilines is 1. The van der Waals surface area contributed by atoms with E-state index in [1.54, 1.807) is 6.08 Å². The first-order valence-electron chi connectivity index (χ1n) is 12.7. The average Bonchev–Trinajstić information content (AvgIpc) is 3.31. The lowest BCUT2D eigenvalue weighted by atomic mass is 9.57. The number of benzene rings is 1. The summed E-state index contributed by atoms with van der Waals surface area (Å²) in [6, 6.07) is 7.91. The number of carbonyl (C=O) groups is 2. The van der Waals surface area contributed by atoms with Crippen LogP contribution < -0.4 is 4.90 Å². The van der Waals surface area contributed by atoms with Gasteiger partial charge >= 0.3 is 5.97 Å². The Morgan fingerprint density at radius 2 is 2.03 bits per heavy atom. The van der Waals surface area contributed by atoms with Crippen LogP contribution in [0.3, 0.4) is 0 Å². The first-order chi connectivity index (χ1) is 17.0. The number of esters is 1. The van der Waals surface area contributed by atoms with Gasteiger partial charge in [0.1, 0.15) is 0 Å². The lowest BCUT2D eigenvalue weighted by molar-refractivity contribution is -0.134. The Balaban J connectivity index is 1.39. The maximum Gasteiger partial charge on any atom is 0.330 e. The molecule has 2 fully saturated rings. The molecule has 4 aliphatic carbocycles. The zero-order valence-electron chi connectivity index (χ0n) is 20.6. The molecule has 6 rings (SSSR count). The van der Waals surface area contributed by atoms with Gasteiger partial charge in [0, 0.05) is 31.1 Å². The van der Waals surface area contributed by atoms with E-state index < -0.39 is 5.97 Å². The third-order valence-electron chi connectivity index (χ3n) is 7.82. The number of methoxy groups -OCH3 is 1. The van der Waals surface area contributed by atoms with E-state index in [-0.39, 0.29) is 17.2 Å². The number of amides is 1. The number of nitrogens with zero attached hydrogens (tertiary/aromatic N) is 3. The second-order valence-corrected chi connectivity index (χ2v) is 10.3. The van der Waals surface area contributed by atoms with Crippen molar-refractivity contribution < 1.29 is 18.8 Å². The van der Waals surface area contributed by atoms with Crippen LogP contribution in [0.4, 0.5) is 5.69 Å². The van der Waals surface area contributed by atoms with Crippen molar-refractivity contribution in [1.82, 2.24) is 10.1 Å². The van der Waals surface area contributed by atoms with Gasteiger partial charge in [-0.05, 0) is 73.3 Å². The molecule has 1 aromatic heterocycles. The quantitative estimate of drug-likeness (QED) is 0.388. The highest BCUT2D eigenvalue weighted by Gasteiger charge is 2.48. The van der Waals surface area contributed by atoms with E-state index in [9.17, 15) is 9.59 Å². The van der Waals surface area contributed by atoms with Gasteiger partial charge in [-0.2, -0.15) is 4.98 Å². The van der Waals surface area contributed by atoms with Crippen molar-refractivity contribution in [3.8, 4) is 0 Å². The Hall–Kier alpha value is -3.22. The van der Waals surface area contributed by atoms with Crippen LogP contribution in [-0.4, -0.2) is 35.7 Å². The first kappa shape index (κ1) is 23.5. The summed E-state index contributed by atoms with van der Waals surface area (Å²) in [4.78, 5) is 31.9. The first-order valence-corrected chi connectivity index (χ1v) is 12.7. The second kappa shape index (κ2) is 9.80. The van der Waals surface area contributed by atoms with Crippen molar-refractivity contribution >= 4 is 29.2 Å². The molecule has 0 aliphatic heterocycles. The summed E-state index contributed by atoms with van der Waals surface area (Å²) < 4.78 is 9.92. The molecule has 2 aromatic rings. The number of ether oxygens (including phenoxy) is 1. The zero-order valence-corrected chi connectivity index (χ0v) is 20.6. The molecule has 1 heterocycles. The molecule has 0 N–H and O–H groups in total. The molecule has 1 aromatic carbocycles. The van der Waals surface area contributed by atoms with Crippen molar-refractivity contribution in [1.29, 1.82) is 0 Å². The second-order valence-electron chi connectivity index (χ2n) is 10.3. The van der Waals surface area contributed by atoms with E-state index in [0.29, 0.717) is 12.4 Å². The van der Waals surface area contributed by atoms with Crippen molar-refractivity contribution in [2.75, 3.05) is 18.6 Å². The summed E-state index contributed by atoms with van der Waals surface area (Å²) in [6.45, 7) is 2.54. The molecule has 2 saturated carbocycles. The smallest absolute Gasteiger partial charge is 0.330 e. The van der Waals surface area contributed by atoms with Gasteiger partial charge in [0.2, 0.25) is 11.8 Å². The summed E-state index contributed by atoms with van der Waals surface area (Å²) in [5.41, 5.74) is 4.50. The normalized spacial score (nSPS) is 19.5. The summed E-state index contributed by atoms with van der Waals surface area (Å²) >= 11 is 0. The van der Waals surface area contributed by atoms with Gasteiger partial charge in [0.25, 0.3) is 0 Å². The highest BCUT2D eigenvalue weighted by Crippen LogP contribution is 2.57. The van der Waals surface area contributed by atoms with Crippen LogP contribution >= 0.6 is 0 Å². The Morgan fingerprint density at radius 3 is 2.69 bits per heavy atom. The molecule has 0 spiro atoms. The number of allylic oxidation sites excluding steroid dienone is 2. The topological polar surface area (TPSA) is 85.5 Å². The largest absolute Gasteiger partial charge is 0.466 e. The minimum absolute atomic E-state index is 0.0889. The molecular formula is C28H33N3O4. The maximum absolute atomic E-state index is 13.8. The number of rotatable bonds is 7. The van der Waals surface area contributed by atoms with Gasteiger partial charge in [0.05, 0.1) is 7.11 Å². The minimum atomic E-state index is -0.395. The van der Waals surface area contributed by atoms with Gasteiger partial charge in [-0.25, -0.2) is 4.79 Å². The van der Waals surface area contributed by atoms with Crippen LogP contribution in [0.2, 0.25) is 0 Å². The Bertz CT molecular complexity index is 1160. The molecule has 35 heavy (non-hydrogen) atoms. The Morgan fingerprint density at radius 1 is 1.23 bits per heavy atom. The Kier molecular flexibility index (Phi) is 6.58. The van der Waals surface area contributed by atoms with E-state index >= 15 is 0 Å². The predicted octanol–water partition coefficient (Wildman–Crippen LogP) is 5.51. The van der Waals surface area contributed by atoms with E-state index in [2.05, 4.69) is 10.1 Å². The monoisotopic (exact) mass is 475 g/mol. The summed E-state index contributed by atoms with van der Waals surface area (Å²) in [7, 11) is 1.36. The van der Waals surface area contributed by atoms with Crippen molar-refractivity contribution in [2.24, 2.45) is 11.3 Å². The Labute approximate surface area is 206 Å². The molecule has 7 heteroatoms. The highest BCUT2D eigenvalue weighted by atomic mass is 16.5.